The number of amides is 2. The van der Waals surface area contributed by atoms with Crippen LogP contribution < -0.4 is 10.6 Å². The molecule has 0 aromatic heterocycles. The summed E-state index contributed by atoms with van der Waals surface area (Å²) in [7, 11) is 0. The molecule has 174 valence electrons. The summed E-state index contributed by atoms with van der Waals surface area (Å²) in [5.74, 6) is -0.655. The van der Waals surface area contributed by atoms with E-state index in [0.717, 1.165) is 16.7 Å². The molecule has 0 aliphatic carbocycles. The highest BCUT2D eigenvalue weighted by Gasteiger charge is 2.17. The van der Waals surface area contributed by atoms with Crippen molar-refractivity contribution in [1.29, 1.82) is 0 Å². The Balaban J connectivity index is 1.56. The van der Waals surface area contributed by atoms with E-state index in [2.05, 4.69) is 10.6 Å². The van der Waals surface area contributed by atoms with Crippen LogP contribution in [-0.2, 0) is 22.4 Å². The van der Waals surface area contributed by atoms with Gasteiger partial charge in [-0.2, -0.15) is 0 Å². The zero-order valence-corrected chi connectivity index (χ0v) is 19.5. The number of hydrogen-bond acceptors (Lipinski definition) is 3. The Kier molecular flexibility index (Phi) is 7.48. The van der Waals surface area contributed by atoms with Crippen molar-refractivity contribution in [1.82, 2.24) is 0 Å². The van der Waals surface area contributed by atoms with Gasteiger partial charge in [0, 0.05) is 16.8 Å². The van der Waals surface area contributed by atoms with Crippen LogP contribution in [0.5, 0.6) is 0 Å². The van der Waals surface area contributed by atoms with Crippen molar-refractivity contribution in [2.75, 3.05) is 10.6 Å². The average molecular weight is 463 g/mol. The molecule has 2 N–H and O–H groups in total. The minimum Gasteiger partial charge on any atom is -0.326 e. The molecule has 4 aromatic rings. The number of anilines is 2. The van der Waals surface area contributed by atoms with Gasteiger partial charge in [-0.05, 0) is 36.2 Å². The van der Waals surface area contributed by atoms with E-state index in [0.29, 0.717) is 22.5 Å². The Morgan fingerprint density at radius 3 is 1.86 bits per heavy atom. The van der Waals surface area contributed by atoms with Gasteiger partial charge in [0.1, 0.15) is 0 Å². The summed E-state index contributed by atoms with van der Waals surface area (Å²) >= 11 is 0. The average Bonchev–Trinajstić information content (AvgIpc) is 2.87. The van der Waals surface area contributed by atoms with Gasteiger partial charge >= 0.3 is 0 Å². The molecule has 0 atom stereocenters. The van der Waals surface area contributed by atoms with Crippen molar-refractivity contribution in [2.24, 2.45) is 0 Å². The Labute approximate surface area is 204 Å². The summed E-state index contributed by atoms with van der Waals surface area (Å²) in [6, 6.07) is 31.0. The smallest absolute Gasteiger partial charge is 0.228 e. The number of ketones is 1. The predicted molar refractivity (Wildman–Crippen MR) is 139 cm³/mol. The Morgan fingerprint density at radius 1 is 0.629 bits per heavy atom. The zero-order chi connectivity index (χ0) is 24.6. The summed E-state index contributed by atoms with van der Waals surface area (Å²) in [6.45, 7) is 1.99. The zero-order valence-electron chi connectivity index (χ0n) is 19.5. The molecule has 4 aromatic carbocycles. The maximum absolute atomic E-state index is 13.3. The number of aryl methyl sites for hydroxylation is 1. The van der Waals surface area contributed by atoms with E-state index in [-0.39, 0.29) is 30.4 Å². The third-order valence-electron chi connectivity index (χ3n) is 5.55. The number of carbonyl (C=O) groups is 3. The number of carbonyl (C=O) groups excluding carboxylic acids is 3. The van der Waals surface area contributed by atoms with E-state index >= 15 is 0 Å². The van der Waals surface area contributed by atoms with E-state index < -0.39 is 0 Å². The van der Waals surface area contributed by atoms with Crippen molar-refractivity contribution >= 4 is 29.0 Å². The van der Waals surface area contributed by atoms with Crippen LogP contribution in [0, 0.1) is 6.92 Å². The molecule has 0 aliphatic heterocycles. The van der Waals surface area contributed by atoms with Crippen molar-refractivity contribution in [3.05, 3.63) is 131 Å². The molecule has 0 radical (unpaired) electrons. The molecule has 0 unspecified atom stereocenters. The molecule has 0 saturated carbocycles. The van der Waals surface area contributed by atoms with Gasteiger partial charge in [0.05, 0.1) is 18.5 Å². The van der Waals surface area contributed by atoms with E-state index in [1.807, 2.05) is 67.6 Å². The molecule has 5 nitrogen and oxygen atoms in total. The molecule has 0 spiro atoms. The van der Waals surface area contributed by atoms with Crippen molar-refractivity contribution in [2.45, 2.75) is 19.8 Å². The maximum Gasteiger partial charge on any atom is 0.228 e. The first-order chi connectivity index (χ1) is 17.0. The fourth-order valence-electron chi connectivity index (χ4n) is 3.74. The lowest BCUT2D eigenvalue weighted by atomic mass is 10.0. The second-order valence-electron chi connectivity index (χ2n) is 8.38. The lowest BCUT2D eigenvalue weighted by Gasteiger charge is -2.14. The topological polar surface area (TPSA) is 75.3 Å². The number of benzene rings is 4. The van der Waals surface area contributed by atoms with Gasteiger partial charge in [-0.25, -0.2) is 0 Å². The van der Waals surface area contributed by atoms with Crippen LogP contribution in [0.15, 0.2) is 103 Å². The van der Waals surface area contributed by atoms with E-state index in [1.54, 1.807) is 42.5 Å². The SMILES string of the molecule is Cc1ccc(CC(=O)Nc2ccc(NC(=O)Cc3ccccc3)cc2C(=O)c2ccccc2)cc1. The molecule has 35 heavy (non-hydrogen) atoms. The molecule has 5 heteroatoms. The first-order valence-corrected chi connectivity index (χ1v) is 11.4. The quantitative estimate of drug-likeness (QED) is 0.335. The minimum atomic E-state index is -0.240. The highest BCUT2D eigenvalue weighted by Crippen LogP contribution is 2.24. The van der Waals surface area contributed by atoms with Crippen LogP contribution in [0.25, 0.3) is 0 Å². The van der Waals surface area contributed by atoms with Crippen LogP contribution in [0.4, 0.5) is 11.4 Å². The summed E-state index contributed by atoms with van der Waals surface area (Å²) in [6.07, 6.45) is 0.409. The van der Waals surface area contributed by atoms with Gasteiger partial charge in [0.2, 0.25) is 11.8 Å². The highest BCUT2D eigenvalue weighted by atomic mass is 16.2. The summed E-state index contributed by atoms with van der Waals surface area (Å²) in [4.78, 5) is 38.6. The molecular weight excluding hydrogens is 436 g/mol. The van der Waals surface area contributed by atoms with Gasteiger partial charge in [-0.1, -0.05) is 90.5 Å². The van der Waals surface area contributed by atoms with Crippen LogP contribution in [-0.4, -0.2) is 17.6 Å². The molecule has 4 rings (SSSR count). The maximum atomic E-state index is 13.3. The molecule has 0 aliphatic rings. The molecule has 0 fully saturated rings. The highest BCUT2D eigenvalue weighted by molar-refractivity contribution is 6.14. The third kappa shape index (κ3) is 6.51. The molecule has 2 amide bonds. The van der Waals surface area contributed by atoms with Crippen LogP contribution >= 0.6 is 0 Å². The predicted octanol–water partition coefficient (Wildman–Crippen LogP) is 5.59. The fourth-order valence-corrected chi connectivity index (χ4v) is 3.74. The van der Waals surface area contributed by atoms with Gasteiger partial charge in [-0.15, -0.1) is 0 Å². The standard InChI is InChI=1S/C30H26N2O3/c1-21-12-14-23(15-13-21)19-29(34)32-27-17-16-25(31-28(33)18-22-8-4-2-5-9-22)20-26(27)30(35)24-10-6-3-7-11-24/h2-17,20H,18-19H2,1H3,(H,31,33)(H,32,34). The van der Waals surface area contributed by atoms with Crippen LogP contribution in [0.1, 0.15) is 32.6 Å². The number of hydrogen-bond donors (Lipinski definition) is 2. The normalized spacial score (nSPS) is 10.4. The van der Waals surface area contributed by atoms with Crippen molar-refractivity contribution < 1.29 is 14.4 Å². The number of rotatable bonds is 8. The monoisotopic (exact) mass is 462 g/mol. The molecule has 0 bridgehead atoms. The lowest BCUT2D eigenvalue weighted by Crippen LogP contribution is -2.18. The number of nitrogens with one attached hydrogen (secondary N) is 2. The second kappa shape index (κ2) is 11.1. The minimum absolute atomic E-state index is 0.189. The first-order valence-electron chi connectivity index (χ1n) is 11.4. The van der Waals surface area contributed by atoms with Crippen molar-refractivity contribution in [3.63, 3.8) is 0 Å². The fraction of sp³-hybridized carbons (Fsp3) is 0.100. The Morgan fingerprint density at radius 2 is 1.20 bits per heavy atom. The largest absolute Gasteiger partial charge is 0.326 e. The summed E-state index contributed by atoms with van der Waals surface area (Å²) < 4.78 is 0. The van der Waals surface area contributed by atoms with Gasteiger partial charge in [0.25, 0.3) is 0 Å². The third-order valence-corrected chi connectivity index (χ3v) is 5.55. The molecule has 0 heterocycles. The summed E-state index contributed by atoms with van der Waals surface area (Å²) in [5.41, 5.74) is 4.59. The van der Waals surface area contributed by atoms with Crippen molar-refractivity contribution in [3.8, 4) is 0 Å². The Hall–Kier alpha value is -4.51. The van der Waals surface area contributed by atoms with Gasteiger partial charge in [-0.3, -0.25) is 14.4 Å². The van der Waals surface area contributed by atoms with E-state index in [9.17, 15) is 14.4 Å². The lowest BCUT2D eigenvalue weighted by molar-refractivity contribution is -0.116. The van der Waals surface area contributed by atoms with E-state index in [4.69, 9.17) is 0 Å². The van der Waals surface area contributed by atoms with E-state index in [1.165, 1.54) is 0 Å². The second-order valence-corrected chi connectivity index (χ2v) is 8.38. The molecule has 0 saturated heterocycles. The molecular formula is C30H26N2O3. The van der Waals surface area contributed by atoms with Crippen LogP contribution in [0.3, 0.4) is 0 Å². The first kappa shape index (κ1) is 23.6. The summed E-state index contributed by atoms with van der Waals surface area (Å²) in [5, 5.41) is 5.73. The Bertz CT molecular complexity index is 1330. The van der Waals surface area contributed by atoms with Crippen LogP contribution in [0.2, 0.25) is 0 Å². The van der Waals surface area contributed by atoms with Gasteiger partial charge < -0.3 is 10.6 Å². The van der Waals surface area contributed by atoms with Gasteiger partial charge in [0.15, 0.2) is 5.78 Å².